The number of hydrogen-bond acceptors (Lipinski definition) is 2. The Morgan fingerprint density at radius 3 is 2.57 bits per heavy atom. The van der Waals surface area contributed by atoms with Gasteiger partial charge in [-0.1, -0.05) is 37.6 Å². The Hall–Kier alpha value is -1.12. The second-order valence-corrected chi connectivity index (χ2v) is 7.14. The highest BCUT2D eigenvalue weighted by atomic mass is 32.1. The summed E-state index contributed by atoms with van der Waals surface area (Å²) >= 11 is 2.02. The van der Waals surface area contributed by atoms with Crippen molar-refractivity contribution in [3.05, 3.63) is 56.8 Å². The highest BCUT2D eigenvalue weighted by Gasteiger charge is 2.18. The van der Waals surface area contributed by atoms with Crippen molar-refractivity contribution in [2.75, 3.05) is 7.05 Å². The Labute approximate surface area is 132 Å². The molecule has 0 amide bonds. The van der Waals surface area contributed by atoms with Crippen LogP contribution in [0.15, 0.2) is 30.3 Å². The Morgan fingerprint density at radius 2 is 1.86 bits per heavy atom. The quantitative estimate of drug-likeness (QED) is 0.793. The van der Waals surface area contributed by atoms with Crippen molar-refractivity contribution < 1.29 is 0 Å². The highest BCUT2D eigenvalue weighted by molar-refractivity contribution is 7.12. The Balaban J connectivity index is 1.88. The van der Waals surface area contributed by atoms with Crippen LogP contribution in [-0.4, -0.2) is 7.05 Å². The molecule has 2 aromatic rings. The topological polar surface area (TPSA) is 12.0 Å². The van der Waals surface area contributed by atoms with E-state index >= 15 is 0 Å². The van der Waals surface area contributed by atoms with Gasteiger partial charge in [0.05, 0.1) is 6.04 Å². The largest absolute Gasteiger partial charge is 0.309 e. The molecule has 0 saturated carbocycles. The Kier molecular flexibility index (Phi) is 4.77. The van der Waals surface area contributed by atoms with E-state index in [1.807, 2.05) is 11.3 Å². The van der Waals surface area contributed by atoms with E-state index in [-0.39, 0.29) is 0 Å². The van der Waals surface area contributed by atoms with Crippen molar-refractivity contribution in [3.8, 4) is 0 Å². The van der Waals surface area contributed by atoms with Crippen molar-refractivity contribution in [3.63, 3.8) is 0 Å². The van der Waals surface area contributed by atoms with E-state index in [4.69, 9.17) is 0 Å². The second kappa shape index (κ2) is 6.76. The lowest BCUT2D eigenvalue weighted by Crippen LogP contribution is -2.16. The summed E-state index contributed by atoms with van der Waals surface area (Å²) in [4.78, 5) is 3.11. The van der Waals surface area contributed by atoms with Crippen LogP contribution < -0.4 is 5.32 Å². The number of rotatable bonds is 4. The molecule has 1 N–H and O–H groups in total. The van der Waals surface area contributed by atoms with Crippen molar-refractivity contribution in [1.82, 2.24) is 5.32 Å². The van der Waals surface area contributed by atoms with Gasteiger partial charge < -0.3 is 5.32 Å². The summed E-state index contributed by atoms with van der Waals surface area (Å²) < 4.78 is 0. The first-order valence-corrected chi connectivity index (χ1v) is 9.01. The number of fused-ring (bicyclic) bond motifs is 1. The average molecular weight is 299 g/mol. The Morgan fingerprint density at radius 1 is 1.10 bits per heavy atom. The van der Waals surface area contributed by atoms with Crippen LogP contribution in [0.1, 0.15) is 58.7 Å². The van der Waals surface area contributed by atoms with Crippen LogP contribution in [-0.2, 0) is 19.3 Å². The molecular weight excluding hydrogens is 274 g/mol. The molecule has 0 bridgehead atoms. The molecular formula is C19H25NS. The van der Waals surface area contributed by atoms with Gasteiger partial charge in [0.15, 0.2) is 0 Å². The maximum atomic E-state index is 3.51. The molecule has 1 atom stereocenters. The smallest absolute Gasteiger partial charge is 0.0668 e. The fourth-order valence-corrected chi connectivity index (χ4v) is 4.65. The maximum absolute atomic E-state index is 3.51. The summed E-state index contributed by atoms with van der Waals surface area (Å²) in [7, 11) is 2.07. The summed E-state index contributed by atoms with van der Waals surface area (Å²) in [5.41, 5.74) is 4.40. The van der Waals surface area contributed by atoms with Crippen molar-refractivity contribution in [2.45, 2.75) is 51.5 Å². The average Bonchev–Trinajstić information content (AvgIpc) is 2.79. The van der Waals surface area contributed by atoms with Crippen LogP contribution >= 0.6 is 11.3 Å². The van der Waals surface area contributed by atoms with E-state index in [0.717, 1.165) is 6.42 Å². The van der Waals surface area contributed by atoms with Crippen LogP contribution in [0, 0.1) is 0 Å². The van der Waals surface area contributed by atoms with Gasteiger partial charge in [-0.2, -0.15) is 0 Å². The van der Waals surface area contributed by atoms with Crippen LogP contribution in [0.25, 0.3) is 0 Å². The molecule has 1 aromatic heterocycles. The first-order chi connectivity index (χ1) is 10.3. The predicted molar refractivity (Wildman–Crippen MR) is 92.3 cm³/mol. The van der Waals surface area contributed by atoms with E-state index in [2.05, 4.69) is 49.6 Å². The van der Waals surface area contributed by atoms with Crippen LogP contribution in [0.2, 0.25) is 0 Å². The van der Waals surface area contributed by atoms with Crippen LogP contribution in [0.5, 0.6) is 0 Å². The molecule has 1 nitrogen and oxygen atoms in total. The van der Waals surface area contributed by atoms with E-state index in [1.165, 1.54) is 48.1 Å². The second-order valence-electron chi connectivity index (χ2n) is 5.97. The fraction of sp³-hybridized carbons (Fsp3) is 0.474. The predicted octanol–water partition coefficient (Wildman–Crippen LogP) is 4.89. The van der Waals surface area contributed by atoms with Gasteiger partial charge in [-0.25, -0.2) is 0 Å². The number of hydrogen-bond donors (Lipinski definition) is 1. The summed E-state index contributed by atoms with van der Waals surface area (Å²) in [5.74, 6) is 0. The summed E-state index contributed by atoms with van der Waals surface area (Å²) in [5, 5.41) is 3.51. The lowest BCUT2D eigenvalue weighted by molar-refractivity contribution is 0.698. The molecule has 3 rings (SSSR count). The SMILES string of the molecule is CCc1ccc(C(NC)c2cc3c(s2)CCCCC3)cc1. The zero-order chi connectivity index (χ0) is 14.7. The summed E-state index contributed by atoms with van der Waals surface area (Å²) in [6.45, 7) is 2.21. The zero-order valence-electron chi connectivity index (χ0n) is 13.1. The molecule has 1 aliphatic rings. The zero-order valence-corrected chi connectivity index (χ0v) is 13.9. The van der Waals surface area contributed by atoms with E-state index < -0.39 is 0 Å². The van der Waals surface area contributed by atoms with E-state index in [1.54, 1.807) is 10.4 Å². The van der Waals surface area contributed by atoms with Gasteiger partial charge in [0.2, 0.25) is 0 Å². The first-order valence-electron chi connectivity index (χ1n) is 8.19. The third-order valence-corrected chi connectivity index (χ3v) is 5.86. The molecule has 1 aromatic carbocycles. The summed E-state index contributed by atoms with van der Waals surface area (Å²) in [6.07, 6.45) is 7.78. The van der Waals surface area contributed by atoms with Gasteiger partial charge in [0, 0.05) is 9.75 Å². The van der Waals surface area contributed by atoms with Crippen LogP contribution in [0.3, 0.4) is 0 Å². The first kappa shape index (κ1) is 14.8. The number of benzene rings is 1. The van der Waals surface area contributed by atoms with Crippen molar-refractivity contribution in [2.24, 2.45) is 0 Å². The molecule has 0 fully saturated rings. The molecule has 0 saturated heterocycles. The van der Waals surface area contributed by atoms with E-state index in [0.29, 0.717) is 6.04 Å². The van der Waals surface area contributed by atoms with Crippen LogP contribution in [0.4, 0.5) is 0 Å². The molecule has 2 heteroatoms. The number of nitrogens with one attached hydrogen (secondary N) is 1. The van der Waals surface area contributed by atoms with Gasteiger partial charge in [0.1, 0.15) is 0 Å². The van der Waals surface area contributed by atoms with Gasteiger partial charge >= 0.3 is 0 Å². The highest BCUT2D eigenvalue weighted by Crippen LogP contribution is 2.34. The van der Waals surface area contributed by atoms with E-state index in [9.17, 15) is 0 Å². The minimum Gasteiger partial charge on any atom is -0.309 e. The van der Waals surface area contributed by atoms with Gasteiger partial charge in [-0.05, 0) is 61.9 Å². The molecule has 0 spiro atoms. The molecule has 1 aliphatic carbocycles. The third kappa shape index (κ3) is 3.22. The van der Waals surface area contributed by atoms with Crippen molar-refractivity contribution >= 4 is 11.3 Å². The van der Waals surface area contributed by atoms with Gasteiger partial charge in [-0.3, -0.25) is 0 Å². The molecule has 1 unspecified atom stereocenters. The minimum atomic E-state index is 0.341. The minimum absolute atomic E-state index is 0.341. The lowest BCUT2D eigenvalue weighted by atomic mass is 10.0. The normalized spacial score (nSPS) is 16.3. The van der Waals surface area contributed by atoms with Crippen molar-refractivity contribution in [1.29, 1.82) is 0 Å². The van der Waals surface area contributed by atoms with Gasteiger partial charge in [0.25, 0.3) is 0 Å². The standard InChI is InChI=1S/C19H25NS/c1-3-14-9-11-15(12-10-14)19(20-2)18-13-16-7-5-4-6-8-17(16)21-18/h9-13,19-20H,3-8H2,1-2H3. The molecule has 0 aliphatic heterocycles. The van der Waals surface area contributed by atoms with Gasteiger partial charge in [-0.15, -0.1) is 11.3 Å². The molecule has 21 heavy (non-hydrogen) atoms. The number of thiophene rings is 1. The monoisotopic (exact) mass is 299 g/mol. The Bertz CT molecular complexity index is 559. The molecule has 112 valence electrons. The fourth-order valence-electron chi connectivity index (χ4n) is 3.25. The lowest BCUT2D eigenvalue weighted by Gasteiger charge is -2.15. The third-order valence-electron chi connectivity index (χ3n) is 4.56. The molecule has 0 radical (unpaired) electrons. The summed E-state index contributed by atoms with van der Waals surface area (Å²) in [6, 6.07) is 11.9. The molecule has 1 heterocycles. The maximum Gasteiger partial charge on any atom is 0.0668 e. The number of aryl methyl sites for hydroxylation is 3.